The van der Waals surface area contributed by atoms with Gasteiger partial charge in [0.2, 0.25) is 0 Å². The van der Waals surface area contributed by atoms with E-state index in [1.165, 1.54) is 0 Å². The molecule has 90 valence electrons. The Morgan fingerprint density at radius 2 is 1.88 bits per heavy atom. The Bertz CT molecular complexity index is 459. The fraction of sp³-hybridized carbons (Fsp3) is 0.462. The van der Waals surface area contributed by atoms with Crippen molar-refractivity contribution in [3.8, 4) is 6.07 Å². The van der Waals surface area contributed by atoms with Crippen molar-refractivity contribution in [2.45, 2.75) is 37.2 Å². The maximum atomic E-state index is 9.53. The molecule has 0 amide bonds. The largest absolute Gasteiger partial charge is 0.393 e. The van der Waals surface area contributed by atoms with E-state index in [1.807, 2.05) is 6.07 Å². The molecule has 1 fully saturated rings. The van der Waals surface area contributed by atoms with Gasteiger partial charge in [0, 0.05) is 0 Å². The third-order valence-corrected chi connectivity index (χ3v) is 4.23. The molecule has 0 spiro atoms. The van der Waals surface area contributed by atoms with Crippen LogP contribution in [0.25, 0.3) is 0 Å². The zero-order valence-corrected chi connectivity index (χ0v) is 10.8. The first-order chi connectivity index (χ1) is 8.07. The van der Waals surface area contributed by atoms with Crippen molar-refractivity contribution in [3.05, 3.63) is 33.8 Å². The minimum atomic E-state index is -0.520. The number of benzene rings is 1. The van der Waals surface area contributed by atoms with Gasteiger partial charge in [0.1, 0.15) is 0 Å². The molecule has 1 saturated carbocycles. The quantitative estimate of drug-likeness (QED) is 0.845. The van der Waals surface area contributed by atoms with Crippen LogP contribution in [0, 0.1) is 11.3 Å². The molecule has 2 rings (SSSR count). The predicted molar refractivity (Wildman–Crippen MR) is 68.2 cm³/mol. The first kappa shape index (κ1) is 12.7. The van der Waals surface area contributed by atoms with Crippen LogP contribution in [0.1, 0.15) is 31.2 Å². The molecule has 1 aliphatic carbocycles. The topological polar surface area (TPSA) is 44.0 Å². The molecule has 1 aromatic rings. The predicted octanol–water partition coefficient (Wildman–Crippen LogP) is 3.69. The summed E-state index contributed by atoms with van der Waals surface area (Å²) in [5.41, 5.74) is 0.384. The molecule has 2 nitrogen and oxygen atoms in total. The van der Waals surface area contributed by atoms with Gasteiger partial charge >= 0.3 is 0 Å². The minimum Gasteiger partial charge on any atom is -0.393 e. The molecule has 4 heteroatoms. The number of halogens is 2. The highest BCUT2D eigenvalue weighted by Gasteiger charge is 2.36. The summed E-state index contributed by atoms with van der Waals surface area (Å²) in [6, 6.07) is 7.74. The van der Waals surface area contributed by atoms with Gasteiger partial charge in [-0.25, -0.2) is 0 Å². The molecule has 0 bridgehead atoms. The summed E-state index contributed by atoms with van der Waals surface area (Å²) in [6.07, 6.45) is 2.38. The molecule has 0 radical (unpaired) electrons. The van der Waals surface area contributed by atoms with Crippen LogP contribution in [0.2, 0.25) is 10.0 Å². The summed E-state index contributed by atoms with van der Waals surface area (Å²) >= 11 is 11.9. The minimum absolute atomic E-state index is 0.278. The van der Waals surface area contributed by atoms with Gasteiger partial charge < -0.3 is 5.11 Å². The van der Waals surface area contributed by atoms with Gasteiger partial charge in [0.15, 0.2) is 0 Å². The van der Waals surface area contributed by atoms with Crippen molar-refractivity contribution in [2.75, 3.05) is 0 Å². The van der Waals surface area contributed by atoms with Gasteiger partial charge in [0.25, 0.3) is 0 Å². The number of hydrogen-bond donors (Lipinski definition) is 1. The highest BCUT2D eigenvalue weighted by atomic mass is 35.5. The maximum Gasteiger partial charge on any atom is 0.0824 e. The van der Waals surface area contributed by atoms with Crippen LogP contribution < -0.4 is 0 Å². The van der Waals surface area contributed by atoms with E-state index in [0.29, 0.717) is 35.7 Å². The highest BCUT2D eigenvalue weighted by molar-refractivity contribution is 6.42. The smallest absolute Gasteiger partial charge is 0.0824 e. The molecule has 0 aromatic heterocycles. The van der Waals surface area contributed by atoms with E-state index >= 15 is 0 Å². The molecule has 0 heterocycles. The first-order valence-electron chi connectivity index (χ1n) is 5.62. The Labute approximate surface area is 111 Å². The normalized spacial score (nSPS) is 28.7. The third-order valence-electron chi connectivity index (χ3n) is 3.49. The van der Waals surface area contributed by atoms with Crippen molar-refractivity contribution in [1.29, 1.82) is 5.26 Å². The number of nitrogens with zero attached hydrogens (tertiary/aromatic N) is 1. The zero-order valence-electron chi connectivity index (χ0n) is 9.29. The van der Waals surface area contributed by atoms with Crippen molar-refractivity contribution in [2.24, 2.45) is 0 Å². The molecule has 1 N–H and O–H groups in total. The fourth-order valence-corrected chi connectivity index (χ4v) is 2.65. The van der Waals surface area contributed by atoms with Gasteiger partial charge in [-0.2, -0.15) is 5.26 Å². The average Bonchev–Trinajstić information content (AvgIpc) is 2.34. The summed E-state index contributed by atoms with van der Waals surface area (Å²) in [5, 5.41) is 19.9. The third kappa shape index (κ3) is 2.42. The second kappa shape index (κ2) is 4.86. The van der Waals surface area contributed by atoms with E-state index in [2.05, 4.69) is 6.07 Å². The van der Waals surface area contributed by atoms with Gasteiger partial charge in [-0.1, -0.05) is 29.3 Å². The number of nitriles is 1. The Morgan fingerprint density at radius 1 is 1.24 bits per heavy atom. The number of rotatable bonds is 1. The number of aliphatic hydroxyl groups is 1. The lowest BCUT2D eigenvalue weighted by Crippen LogP contribution is -2.32. The second-order valence-electron chi connectivity index (χ2n) is 4.55. The number of hydrogen-bond acceptors (Lipinski definition) is 2. The van der Waals surface area contributed by atoms with Crippen LogP contribution in [-0.4, -0.2) is 11.2 Å². The Kier molecular flexibility index (Phi) is 3.63. The van der Waals surface area contributed by atoms with Crippen molar-refractivity contribution < 1.29 is 5.11 Å². The lowest BCUT2D eigenvalue weighted by atomic mass is 9.70. The van der Waals surface area contributed by atoms with E-state index in [9.17, 15) is 10.4 Å². The van der Waals surface area contributed by atoms with Crippen molar-refractivity contribution >= 4 is 23.2 Å². The Balaban J connectivity index is 2.35. The summed E-state index contributed by atoms with van der Waals surface area (Å²) in [5.74, 6) is 0. The molecule has 0 unspecified atom stereocenters. The average molecular weight is 270 g/mol. The molecular weight excluding hydrogens is 257 g/mol. The van der Waals surface area contributed by atoms with E-state index in [0.717, 1.165) is 5.56 Å². The van der Waals surface area contributed by atoms with Crippen LogP contribution in [0.5, 0.6) is 0 Å². The lowest BCUT2D eigenvalue weighted by molar-refractivity contribution is 0.109. The summed E-state index contributed by atoms with van der Waals surface area (Å²) in [7, 11) is 0. The monoisotopic (exact) mass is 269 g/mol. The van der Waals surface area contributed by atoms with Crippen molar-refractivity contribution in [3.63, 3.8) is 0 Å². The van der Waals surface area contributed by atoms with Gasteiger partial charge in [0.05, 0.1) is 27.6 Å². The summed E-state index contributed by atoms with van der Waals surface area (Å²) < 4.78 is 0. The standard InChI is InChI=1S/C13H13Cl2NO/c14-11-2-1-9(7-12(11)15)13(8-16)5-3-10(17)4-6-13/h1-2,7,10,17H,3-6H2. The molecule has 1 aromatic carbocycles. The maximum absolute atomic E-state index is 9.53. The molecule has 0 atom stereocenters. The van der Waals surface area contributed by atoms with Gasteiger partial charge in [-0.3, -0.25) is 0 Å². The van der Waals surface area contributed by atoms with E-state index in [4.69, 9.17) is 23.2 Å². The molecular formula is C13H13Cl2NO. The Morgan fingerprint density at radius 3 is 2.41 bits per heavy atom. The number of aliphatic hydroxyl groups excluding tert-OH is 1. The highest BCUT2D eigenvalue weighted by Crippen LogP contribution is 2.40. The summed E-state index contributed by atoms with van der Waals surface area (Å²) in [4.78, 5) is 0. The van der Waals surface area contributed by atoms with Crippen LogP contribution in [-0.2, 0) is 5.41 Å². The van der Waals surface area contributed by atoms with E-state index < -0.39 is 5.41 Å². The van der Waals surface area contributed by atoms with Crippen LogP contribution >= 0.6 is 23.2 Å². The second-order valence-corrected chi connectivity index (χ2v) is 5.37. The van der Waals surface area contributed by atoms with Crippen molar-refractivity contribution in [1.82, 2.24) is 0 Å². The molecule has 0 saturated heterocycles. The zero-order chi connectivity index (χ0) is 12.5. The van der Waals surface area contributed by atoms with E-state index in [1.54, 1.807) is 12.1 Å². The van der Waals surface area contributed by atoms with Gasteiger partial charge in [-0.05, 0) is 43.4 Å². The first-order valence-corrected chi connectivity index (χ1v) is 6.38. The van der Waals surface area contributed by atoms with Gasteiger partial charge in [-0.15, -0.1) is 0 Å². The molecule has 17 heavy (non-hydrogen) atoms. The van der Waals surface area contributed by atoms with Crippen LogP contribution in [0.4, 0.5) is 0 Å². The Hall–Kier alpha value is -0.750. The molecule has 0 aliphatic heterocycles. The fourth-order valence-electron chi connectivity index (χ4n) is 2.35. The SMILES string of the molecule is N#CC1(c2ccc(Cl)c(Cl)c2)CCC(O)CC1. The summed E-state index contributed by atoms with van der Waals surface area (Å²) in [6.45, 7) is 0. The van der Waals surface area contributed by atoms with Crippen LogP contribution in [0.15, 0.2) is 18.2 Å². The lowest BCUT2D eigenvalue weighted by Gasteiger charge is -2.33. The molecule has 1 aliphatic rings. The van der Waals surface area contributed by atoms with E-state index in [-0.39, 0.29) is 6.10 Å². The van der Waals surface area contributed by atoms with Crippen LogP contribution in [0.3, 0.4) is 0 Å².